The molecule has 0 heterocycles. The highest BCUT2D eigenvalue weighted by Gasteiger charge is 2.20. The van der Waals surface area contributed by atoms with Gasteiger partial charge in [-0.15, -0.1) is 0 Å². The highest BCUT2D eigenvalue weighted by atomic mass is 79.9. The minimum Gasteiger partial charge on any atom is -0.389 e. The molecule has 0 unspecified atom stereocenters. The van der Waals surface area contributed by atoms with E-state index in [4.69, 9.17) is 0 Å². The Morgan fingerprint density at radius 1 is 1.31 bits per heavy atom. The van der Waals surface area contributed by atoms with Crippen LogP contribution in [0.5, 0.6) is 0 Å². The fourth-order valence-corrected chi connectivity index (χ4v) is 2.03. The maximum atomic E-state index is 10.1. The van der Waals surface area contributed by atoms with Gasteiger partial charge in [0.05, 0.1) is 5.60 Å². The van der Waals surface area contributed by atoms with Crippen LogP contribution in [0.1, 0.15) is 32.3 Å². The molecule has 1 rings (SSSR count). The summed E-state index contributed by atoms with van der Waals surface area (Å²) >= 11 is 3.44. The second kappa shape index (κ2) is 6.38. The Labute approximate surface area is 106 Å². The van der Waals surface area contributed by atoms with Gasteiger partial charge in [0.25, 0.3) is 0 Å². The first-order chi connectivity index (χ1) is 7.59. The molecule has 0 bridgehead atoms. The van der Waals surface area contributed by atoms with Crippen LogP contribution in [0, 0.1) is 0 Å². The largest absolute Gasteiger partial charge is 0.389 e. The maximum Gasteiger partial charge on any atom is 0.0766 e. The molecule has 16 heavy (non-hydrogen) atoms. The lowest BCUT2D eigenvalue weighted by Crippen LogP contribution is -2.39. The minimum absolute atomic E-state index is 0.563. The number of benzene rings is 1. The highest BCUT2D eigenvalue weighted by Crippen LogP contribution is 2.14. The first-order valence-electron chi connectivity index (χ1n) is 5.77. The molecule has 0 aliphatic carbocycles. The average molecular weight is 286 g/mol. The Morgan fingerprint density at radius 3 is 2.56 bits per heavy atom. The zero-order valence-electron chi connectivity index (χ0n) is 9.96. The van der Waals surface area contributed by atoms with Gasteiger partial charge in [-0.2, -0.15) is 0 Å². The van der Waals surface area contributed by atoms with Crippen molar-refractivity contribution in [2.45, 2.75) is 38.8 Å². The number of aliphatic hydroxyl groups is 1. The summed E-state index contributed by atoms with van der Waals surface area (Å²) in [5, 5.41) is 13.4. The number of hydrogen-bond donors (Lipinski definition) is 2. The van der Waals surface area contributed by atoms with E-state index in [9.17, 15) is 5.11 Å². The number of halogens is 1. The first-order valence-corrected chi connectivity index (χ1v) is 6.56. The summed E-state index contributed by atoms with van der Waals surface area (Å²) in [6.45, 7) is 5.48. The van der Waals surface area contributed by atoms with Crippen molar-refractivity contribution < 1.29 is 5.11 Å². The third-order valence-electron chi connectivity index (χ3n) is 2.99. The van der Waals surface area contributed by atoms with Gasteiger partial charge in [0.15, 0.2) is 0 Å². The van der Waals surface area contributed by atoms with Crippen molar-refractivity contribution >= 4 is 15.9 Å². The molecule has 0 radical (unpaired) electrons. The van der Waals surface area contributed by atoms with Gasteiger partial charge in [-0.3, -0.25) is 0 Å². The molecule has 0 atom stereocenters. The van der Waals surface area contributed by atoms with Gasteiger partial charge in [-0.25, -0.2) is 0 Å². The highest BCUT2D eigenvalue weighted by molar-refractivity contribution is 9.10. The van der Waals surface area contributed by atoms with Crippen LogP contribution in [0.2, 0.25) is 0 Å². The van der Waals surface area contributed by atoms with Crippen LogP contribution < -0.4 is 5.32 Å². The molecule has 0 fully saturated rings. The lowest BCUT2D eigenvalue weighted by Gasteiger charge is -2.25. The van der Waals surface area contributed by atoms with E-state index in [0.717, 1.165) is 23.9 Å². The quantitative estimate of drug-likeness (QED) is 0.842. The molecule has 3 heteroatoms. The molecular formula is C13H20BrNO. The van der Waals surface area contributed by atoms with Crippen LogP contribution in [0.3, 0.4) is 0 Å². The molecule has 0 saturated heterocycles. The Morgan fingerprint density at radius 2 is 2.00 bits per heavy atom. The Balaban J connectivity index is 2.41. The molecule has 0 spiro atoms. The summed E-state index contributed by atoms with van der Waals surface area (Å²) in [5.74, 6) is 0. The summed E-state index contributed by atoms with van der Waals surface area (Å²) in [6, 6.07) is 8.20. The van der Waals surface area contributed by atoms with Crippen molar-refractivity contribution in [3.8, 4) is 0 Å². The summed E-state index contributed by atoms with van der Waals surface area (Å²) in [5.41, 5.74) is 0.662. The van der Waals surface area contributed by atoms with Crippen molar-refractivity contribution in [1.29, 1.82) is 0 Å². The van der Waals surface area contributed by atoms with Gasteiger partial charge in [0.2, 0.25) is 0 Å². The molecule has 1 aromatic carbocycles. The summed E-state index contributed by atoms with van der Waals surface area (Å²) in [6.07, 6.45) is 1.57. The van der Waals surface area contributed by atoms with Crippen molar-refractivity contribution in [1.82, 2.24) is 5.32 Å². The average Bonchev–Trinajstić information content (AvgIpc) is 2.29. The molecule has 1 aromatic rings. The SMILES string of the molecule is CCC(O)(CC)CNCc1cccc(Br)c1. The molecule has 0 aromatic heterocycles. The van der Waals surface area contributed by atoms with E-state index in [0.29, 0.717) is 6.54 Å². The number of hydrogen-bond acceptors (Lipinski definition) is 2. The molecular weight excluding hydrogens is 266 g/mol. The normalized spacial score (nSPS) is 11.8. The molecule has 2 N–H and O–H groups in total. The van der Waals surface area contributed by atoms with Gasteiger partial charge in [-0.05, 0) is 30.5 Å². The lowest BCUT2D eigenvalue weighted by atomic mass is 9.97. The van der Waals surface area contributed by atoms with E-state index in [2.05, 4.69) is 33.4 Å². The molecule has 0 saturated carbocycles. The maximum absolute atomic E-state index is 10.1. The third kappa shape index (κ3) is 4.24. The molecule has 0 aliphatic rings. The van der Waals surface area contributed by atoms with Gasteiger partial charge >= 0.3 is 0 Å². The van der Waals surface area contributed by atoms with Crippen LogP contribution in [0.25, 0.3) is 0 Å². The van der Waals surface area contributed by atoms with Crippen molar-refractivity contribution in [3.05, 3.63) is 34.3 Å². The molecule has 0 aliphatic heterocycles. The van der Waals surface area contributed by atoms with Gasteiger partial charge in [-0.1, -0.05) is 41.9 Å². The van der Waals surface area contributed by atoms with E-state index in [1.165, 1.54) is 5.56 Å². The Kier molecular flexibility index (Phi) is 5.46. The van der Waals surface area contributed by atoms with Crippen LogP contribution in [0.15, 0.2) is 28.7 Å². The van der Waals surface area contributed by atoms with Crippen molar-refractivity contribution in [2.24, 2.45) is 0 Å². The topological polar surface area (TPSA) is 32.3 Å². The first kappa shape index (κ1) is 13.7. The van der Waals surface area contributed by atoms with Crippen molar-refractivity contribution in [3.63, 3.8) is 0 Å². The Hall–Kier alpha value is -0.380. The Bertz CT molecular complexity index is 323. The second-order valence-electron chi connectivity index (χ2n) is 4.16. The van der Waals surface area contributed by atoms with Crippen LogP contribution in [0.4, 0.5) is 0 Å². The minimum atomic E-state index is -0.563. The molecule has 0 amide bonds. The van der Waals surface area contributed by atoms with E-state index < -0.39 is 5.60 Å². The number of nitrogens with one attached hydrogen (secondary N) is 1. The van der Waals surface area contributed by atoms with Crippen LogP contribution in [-0.4, -0.2) is 17.3 Å². The van der Waals surface area contributed by atoms with Gasteiger partial charge in [0, 0.05) is 17.6 Å². The summed E-state index contributed by atoms with van der Waals surface area (Å²) in [4.78, 5) is 0. The van der Waals surface area contributed by atoms with Gasteiger partial charge in [0.1, 0.15) is 0 Å². The van der Waals surface area contributed by atoms with E-state index in [1.54, 1.807) is 0 Å². The smallest absolute Gasteiger partial charge is 0.0766 e. The predicted octanol–water partition coefficient (Wildman–Crippen LogP) is 3.09. The van der Waals surface area contributed by atoms with Crippen LogP contribution in [-0.2, 0) is 6.54 Å². The zero-order chi connectivity index (χ0) is 12.0. The standard InChI is InChI=1S/C13H20BrNO/c1-3-13(16,4-2)10-15-9-11-6-5-7-12(14)8-11/h5-8,15-16H,3-4,9-10H2,1-2H3. The second-order valence-corrected chi connectivity index (χ2v) is 5.08. The lowest BCUT2D eigenvalue weighted by molar-refractivity contribution is 0.0323. The summed E-state index contributed by atoms with van der Waals surface area (Å²) in [7, 11) is 0. The number of rotatable bonds is 6. The third-order valence-corrected chi connectivity index (χ3v) is 3.48. The predicted molar refractivity (Wildman–Crippen MR) is 71.4 cm³/mol. The van der Waals surface area contributed by atoms with Gasteiger partial charge < -0.3 is 10.4 Å². The summed E-state index contributed by atoms with van der Waals surface area (Å²) < 4.78 is 1.09. The zero-order valence-corrected chi connectivity index (χ0v) is 11.5. The van der Waals surface area contributed by atoms with E-state index >= 15 is 0 Å². The monoisotopic (exact) mass is 285 g/mol. The van der Waals surface area contributed by atoms with E-state index in [1.807, 2.05) is 26.0 Å². The fraction of sp³-hybridized carbons (Fsp3) is 0.538. The fourth-order valence-electron chi connectivity index (χ4n) is 1.59. The molecule has 90 valence electrons. The van der Waals surface area contributed by atoms with Crippen molar-refractivity contribution in [2.75, 3.05) is 6.54 Å². The van der Waals surface area contributed by atoms with E-state index in [-0.39, 0.29) is 0 Å². The molecule has 2 nitrogen and oxygen atoms in total. The van der Waals surface area contributed by atoms with Crippen LogP contribution >= 0.6 is 15.9 Å².